The summed E-state index contributed by atoms with van der Waals surface area (Å²) in [5.41, 5.74) is -0.482. The lowest BCUT2D eigenvalue weighted by molar-refractivity contribution is -0.137. The Bertz CT molecular complexity index is 703. The Morgan fingerprint density at radius 3 is 2.14 bits per heavy atom. The summed E-state index contributed by atoms with van der Waals surface area (Å²) in [7, 11) is 0. The molecule has 0 saturated carbocycles. The van der Waals surface area contributed by atoms with Crippen LogP contribution in [0.3, 0.4) is 0 Å². The fourth-order valence-corrected chi connectivity index (χ4v) is 1.84. The molecule has 0 bridgehead atoms. The van der Waals surface area contributed by atoms with Gasteiger partial charge in [-0.3, -0.25) is 9.59 Å². The summed E-state index contributed by atoms with van der Waals surface area (Å²) in [5.74, 6) is -0.785. The highest BCUT2D eigenvalue weighted by molar-refractivity contribution is 6.09. The van der Waals surface area contributed by atoms with Crippen molar-refractivity contribution in [1.82, 2.24) is 0 Å². The van der Waals surface area contributed by atoms with Gasteiger partial charge >= 0.3 is 12.1 Å². The number of rotatable bonds is 3. The molecule has 6 heteroatoms. The predicted molar refractivity (Wildman–Crippen MR) is 72.6 cm³/mol. The number of esters is 1. The third-order valence-electron chi connectivity index (χ3n) is 2.83. The molecule has 2 aromatic carbocycles. The zero-order valence-corrected chi connectivity index (χ0v) is 11.5. The quantitative estimate of drug-likeness (QED) is 0.491. The number of carbonyl (C=O) groups excluding carboxylic acids is 2. The van der Waals surface area contributed by atoms with Gasteiger partial charge in [-0.2, -0.15) is 13.2 Å². The molecule has 22 heavy (non-hydrogen) atoms. The average Bonchev–Trinajstić information content (AvgIpc) is 2.45. The fraction of sp³-hybridized carbons (Fsp3) is 0.125. The molecule has 2 rings (SSSR count). The van der Waals surface area contributed by atoms with E-state index < -0.39 is 23.5 Å². The number of ketones is 1. The van der Waals surface area contributed by atoms with Gasteiger partial charge in [0.25, 0.3) is 0 Å². The SMILES string of the molecule is CC(=O)Oc1cccc(C(=O)c2ccc(C(F)(F)F)cc2)c1. The summed E-state index contributed by atoms with van der Waals surface area (Å²) >= 11 is 0. The molecule has 2 aromatic rings. The highest BCUT2D eigenvalue weighted by atomic mass is 19.4. The number of benzene rings is 2. The van der Waals surface area contributed by atoms with E-state index in [1.54, 1.807) is 0 Å². The van der Waals surface area contributed by atoms with Crippen molar-refractivity contribution in [2.24, 2.45) is 0 Å². The van der Waals surface area contributed by atoms with Crippen LogP contribution in [0.1, 0.15) is 28.4 Å². The van der Waals surface area contributed by atoms with Crippen LogP contribution in [0, 0.1) is 0 Å². The first-order chi connectivity index (χ1) is 10.3. The van der Waals surface area contributed by atoms with E-state index in [1.165, 1.54) is 31.2 Å². The van der Waals surface area contributed by atoms with Crippen LogP contribution in [0.5, 0.6) is 5.75 Å². The molecule has 0 aromatic heterocycles. The normalized spacial score (nSPS) is 11.1. The molecule has 0 aliphatic carbocycles. The summed E-state index contributed by atoms with van der Waals surface area (Å²) in [4.78, 5) is 23.1. The third-order valence-corrected chi connectivity index (χ3v) is 2.83. The zero-order chi connectivity index (χ0) is 16.3. The second kappa shape index (κ2) is 6.01. The lowest BCUT2D eigenvalue weighted by Crippen LogP contribution is -2.07. The minimum absolute atomic E-state index is 0.118. The van der Waals surface area contributed by atoms with Crippen molar-refractivity contribution in [2.75, 3.05) is 0 Å². The van der Waals surface area contributed by atoms with Crippen molar-refractivity contribution in [3.63, 3.8) is 0 Å². The molecule has 0 atom stereocenters. The van der Waals surface area contributed by atoms with Crippen LogP contribution in [0.15, 0.2) is 48.5 Å². The minimum atomic E-state index is -4.45. The molecule has 0 unspecified atom stereocenters. The van der Waals surface area contributed by atoms with Crippen LogP contribution >= 0.6 is 0 Å². The van der Waals surface area contributed by atoms with Gasteiger partial charge in [-0.25, -0.2) is 0 Å². The van der Waals surface area contributed by atoms with E-state index in [0.717, 1.165) is 24.3 Å². The lowest BCUT2D eigenvalue weighted by Gasteiger charge is -2.08. The molecule has 0 saturated heterocycles. The Labute approximate surface area is 124 Å². The Kier molecular flexibility index (Phi) is 4.30. The number of hydrogen-bond acceptors (Lipinski definition) is 3. The van der Waals surface area contributed by atoms with Crippen molar-refractivity contribution in [2.45, 2.75) is 13.1 Å². The zero-order valence-electron chi connectivity index (χ0n) is 11.5. The van der Waals surface area contributed by atoms with Crippen LogP contribution in [0.2, 0.25) is 0 Å². The number of ether oxygens (including phenoxy) is 1. The molecule has 0 N–H and O–H groups in total. The van der Waals surface area contributed by atoms with Crippen LogP contribution < -0.4 is 4.74 Å². The van der Waals surface area contributed by atoms with Crippen molar-refractivity contribution in [1.29, 1.82) is 0 Å². The number of hydrogen-bond donors (Lipinski definition) is 0. The number of alkyl halides is 3. The van der Waals surface area contributed by atoms with Gasteiger partial charge in [-0.05, 0) is 24.3 Å². The van der Waals surface area contributed by atoms with Gasteiger partial charge in [0, 0.05) is 18.1 Å². The molecule has 0 aliphatic heterocycles. The van der Waals surface area contributed by atoms with E-state index in [1.807, 2.05) is 0 Å². The van der Waals surface area contributed by atoms with Gasteiger partial charge in [0.05, 0.1) is 5.56 Å². The lowest BCUT2D eigenvalue weighted by atomic mass is 10.0. The van der Waals surface area contributed by atoms with Crippen molar-refractivity contribution in [3.05, 3.63) is 65.2 Å². The maximum absolute atomic E-state index is 12.5. The van der Waals surface area contributed by atoms with Gasteiger partial charge in [-0.1, -0.05) is 24.3 Å². The van der Waals surface area contributed by atoms with Crippen molar-refractivity contribution >= 4 is 11.8 Å². The second-order valence-corrected chi connectivity index (χ2v) is 4.53. The Balaban J connectivity index is 2.26. The molecule has 0 aliphatic rings. The molecule has 0 spiro atoms. The van der Waals surface area contributed by atoms with Crippen LogP contribution in [-0.4, -0.2) is 11.8 Å². The van der Waals surface area contributed by atoms with Gasteiger partial charge in [-0.15, -0.1) is 0 Å². The highest BCUT2D eigenvalue weighted by Gasteiger charge is 2.30. The molecule has 3 nitrogen and oxygen atoms in total. The number of carbonyl (C=O) groups is 2. The molecule has 0 amide bonds. The van der Waals surface area contributed by atoms with Gasteiger partial charge < -0.3 is 4.74 Å². The first kappa shape index (κ1) is 15.8. The second-order valence-electron chi connectivity index (χ2n) is 4.53. The molecule has 0 radical (unpaired) electrons. The Hall–Kier alpha value is -2.63. The van der Waals surface area contributed by atoms with Gasteiger partial charge in [0.2, 0.25) is 0 Å². The summed E-state index contributed by atoms with van der Waals surface area (Å²) < 4.78 is 42.3. The average molecular weight is 308 g/mol. The van der Waals surface area contributed by atoms with Crippen molar-refractivity contribution in [3.8, 4) is 5.75 Å². The van der Waals surface area contributed by atoms with E-state index in [2.05, 4.69) is 0 Å². The van der Waals surface area contributed by atoms with Crippen molar-refractivity contribution < 1.29 is 27.5 Å². The predicted octanol–water partition coefficient (Wildman–Crippen LogP) is 3.86. The standard InChI is InChI=1S/C16H11F3O3/c1-10(20)22-14-4-2-3-12(9-14)15(21)11-5-7-13(8-6-11)16(17,18)19/h2-9H,1H3. The first-order valence-electron chi connectivity index (χ1n) is 6.28. The van der Waals surface area contributed by atoms with Gasteiger partial charge in [0.1, 0.15) is 5.75 Å². The summed E-state index contributed by atoms with van der Waals surface area (Å²) in [5, 5.41) is 0. The van der Waals surface area contributed by atoms with Gasteiger partial charge in [0.15, 0.2) is 5.78 Å². The molecular weight excluding hydrogens is 297 g/mol. The summed E-state index contributed by atoms with van der Waals surface area (Å²) in [6.07, 6.45) is -4.45. The maximum Gasteiger partial charge on any atom is 0.416 e. The molecular formula is C16H11F3O3. The molecule has 0 heterocycles. The summed E-state index contributed by atoms with van der Waals surface area (Å²) in [6, 6.07) is 9.81. The number of halogens is 3. The van der Waals surface area contributed by atoms with Crippen LogP contribution in [-0.2, 0) is 11.0 Å². The Morgan fingerprint density at radius 1 is 0.955 bits per heavy atom. The van der Waals surface area contributed by atoms with E-state index in [0.29, 0.717) is 0 Å². The third kappa shape index (κ3) is 3.72. The smallest absolute Gasteiger partial charge is 0.416 e. The summed E-state index contributed by atoms with van der Waals surface area (Å²) in [6.45, 7) is 1.23. The first-order valence-corrected chi connectivity index (χ1v) is 6.28. The highest BCUT2D eigenvalue weighted by Crippen LogP contribution is 2.29. The minimum Gasteiger partial charge on any atom is -0.427 e. The van der Waals surface area contributed by atoms with E-state index in [4.69, 9.17) is 4.74 Å². The Morgan fingerprint density at radius 2 is 1.59 bits per heavy atom. The topological polar surface area (TPSA) is 43.4 Å². The molecule has 0 fully saturated rings. The monoisotopic (exact) mass is 308 g/mol. The van der Waals surface area contributed by atoms with Crippen LogP contribution in [0.25, 0.3) is 0 Å². The maximum atomic E-state index is 12.5. The van der Waals surface area contributed by atoms with E-state index >= 15 is 0 Å². The molecule has 114 valence electrons. The fourth-order valence-electron chi connectivity index (χ4n) is 1.84. The van der Waals surface area contributed by atoms with E-state index in [-0.39, 0.29) is 16.9 Å². The largest absolute Gasteiger partial charge is 0.427 e. The van der Waals surface area contributed by atoms with Crippen LogP contribution in [0.4, 0.5) is 13.2 Å². The van der Waals surface area contributed by atoms with E-state index in [9.17, 15) is 22.8 Å².